The highest BCUT2D eigenvalue weighted by atomic mass is 15.1. The highest BCUT2D eigenvalue weighted by molar-refractivity contribution is 5.55. The summed E-state index contributed by atoms with van der Waals surface area (Å²) in [7, 11) is 0. The van der Waals surface area contributed by atoms with Crippen molar-refractivity contribution in [1.82, 2.24) is 0 Å². The van der Waals surface area contributed by atoms with Crippen LogP contribution in [0.3, 0.4) is 0 Å². The van der Waals surface area contributed by atoms with Crippen LogP contribution in [0.15, 0.2) is 28.4 Å². The van der Waals surface area contributed by atoms with Crippen molar-refractivity contribution in [2.24, 2.45) is 10.2 Å². The lowest BCUT2D eigenvalue weighted by molar-refractivity contribution is 1.09. The average molecular weight is 175 g/mol. The summed E-state index contributed by atoms with van der Waals surface area (Å²) in [5.74, 6) is 0. The van der Waals surface area contributed by atoms with E-state index in [4.69, 9.17) is 5.41 Å². The first kappa shape index (κ1) is 9.58. The zero-order valence-corrected chi connectivity index (χ0v) is 7.91. The van der Waals surface area contributed by atoms with Crippen LogP contribution in [-0.2, 0) is 0 Å². The molecule has 0 aliphatic carbocycles. The van der Waals surface area contributed by atoms with E-state index in [1.54, 1.807) is 0 Å². The molecule has 0 saturated heterocycles. The van der Waals surface area contributed by atoms with Crippen LogP contribution >= 0.6 is 0 Å². The zero-order valence-electron chi connectivity index (χ0n) is 7.91. The molecule has 1 aromatic carbocycles. The Labute approximate surface area is 78.0 Å². The Morgan fingerprint density at radius 1 is 1.38 bits per heavy atom. The smallest absolute Gasteiger partial charge is 0.0948 e. The maximum Gasteiger partial charge on any atom is 0.0948 e. The molecule has 0 saturated carbocycles. The Morgan fingerprint density at radius 2 is 2.15 bits per heavy atom. The predicted octanol–water partition coefficient (Wildman–Crippen LogP) is 3.04. The van der Waals surface area contributed by atoms with Gasteiger partial charge in [0.25, 0.3) is 0 Å². The molecule has 0 aliphatic rings. The molecular weight excluding hydrogens is 162 g/mol. The molecule has 0 aliphatic heterocycles. The minimum absolute atomic E-state index is 0.355. The minimum atomic E-state index is 0.355. The largest absolute Gasteiger partial charge is 0.311 e. The number of azo groups is 1. The van der Waals surface area contributed by atoms with Gasteiger partial charge in [-0.15, -0.1) is 0 Å². The fourth-order valence-corrected chi connectivity index (χ4v) is 1.00. The molecule has 1 N–H and O–H groups in total. The lowest BCUT2D eigenvalue weighted by Crippen LogP contribution is -1.80. The number of hydrogen-bond donors (Lipinski definition) is 1. The first-order valence-corrected chi connectivity index (χ1v) is 4.18. The molecule has 1 rings (SSSR count). The molecule has 3 nitrogen and oxygen atoms in total. The molecule has 3 heteroatoms. The summed E-state index contributed by atoms with van der Waals surface area (Å²) >= 11 is 0. The van der Waals surface area contributed by atoms with Crippen LogP contribution in [0.4, 0.5) is 5.69 Å². The molecule has 0 amide bonds. The quantitative estimate of drug-likeness (QED) is 0.542. The van der Waals surface area contributed by atoms with Gasteiger partial charge in [-0.1, -0.05) is 12.1 Å². The van der Waals surface area contributed by atoms with Crippen LogP contribution < -0.4 is 0 Å². The fourth-order valence-electron chi connectivity index (χ4n) is 1.00. The summed E-state index contributed by atoms with van der Waals surface area (Å²) in [6.45, 7) is 4.42. The third-order valence-corrected chi connectivity index (χ3v) is 1.93. The lowest BCUT2D eigenvalue weighted by Gasteiger charge is -2.01. The first-order valence-electron chi connectivity index (χ1n) is 4.18. The van der Waals surface area contributed by atoms with E-state index in [0.717, 1.165) is 11.3 Å². The second-order valence-electron chi connectivity index (χ2n) is 2.85. The summed E-state index contributed by atoms with van der Waals surface area (Å²) in [5.41, 5.74) is 3.25. The third-order valence-electron chi connectivity index (χ3n) is 1.93. The number of nitrogens with zero attached hydrogens (tertiary/aromatic N) is 2. The van der Waals surface area contributed by atoms with Gasteiger partial charge in [0.15, 0.2) is 0 Å². The van der Waals surface area contributed by atoms with Crippen molar-refractivity contribution < 1.29 is 0 Å². The van der Waals surface area contributed by atoms with Gasteiger partial charge in [0, 0.05) is 6.21 Å². The minimum Gasteiger partial charge on any atom is -0.311 e. The topological polar surface area (TPSA) is 48.6 Å². The Bertz CT molecular complexity index is 329. The molecule has 0 radical (unpaired) electrons. The van der Waals surface area contributed by atoms with Gasteiger partial charge >= 0.3 is 0 Å². The lowest BCUT2D eigenvalue weighted by atomic mass is 10.1. The molecule has 0 bridgehead atoms. The first-order chi connectivity index (χ1) is 6.25. The van der Waals surface area contributed by atoms with E-state index < -0.39 is 0 Å². The van der Waals surface area contributed by atoms with Gasteiger partial charge in [0.05, 0.1) is 12.2 Å². The molecule has 68 valence electrons. The van der Waals surface area contributed by atoms with E-state index in [2.05, 4.69) is 10.2 Å². The Hall–Kier alpha value is -1.51. The number of hydrogen-bond acceptors (Lipinski definition) is 3. The molecule has 0 spiro atoms. The molecule has 0 aromatic heterocycles. The molecule has 1 aromatic rings. The summed E-state index contributed by atoms with van der Waals surface area (Å²) in [5, 5.41) is 14.7. The van der Waals surface area contributed by atoms with Gasteiger partial charge < -0.3 is 5.41 Å². The molecule has 0 heterocycles. The summed E-state index contributed by atoms with van der Waals surface area (Å²) in [6.07, 6.45) is 1.23. The van der Waals surface area contributed by atoms with E-state index in [-0.39, 0.29) is 0 Å². The molecular formula is C10H13N3. The van der Waals surface area contributed by atoms with E-state index in [1.807, 2.05) is 32.0 Å². The fraction of sp³-hybridized carbons (Fsp3) is 0.300. The zero-order chi connectivity index (χ0) is 9.68. The van der Waals surface area contributed by atoms with Gasteiger partial charge in [0.1, 0.15) is 0 Å². The van der Waals surface area contributed by atoms with Crippen molar-refractivity contribution in [3.8, 4) is 0 Å². The summed E-state index contributed by atoms with van der Waals surface area (Å²) in [4.78, 5) is 0. The Kier molecular flexibility index (Phi) is 3.31. The van der Waals surface area contributed by atoms with E-state index in [1.165, 1.54) is 11.8 Å². The molecule has 0 fully saturated rings. The summed E-state index contributed by atoms with van der Waals surface area (Å²) in [6, 6.07) is 5.93. The predicted molar refractivity (Wildman–Crippen MR) is 54.1 cm³/mol. The number of benzene rings is 1. The van der Waals surface area contributed by atoms with Crippen molar-refractivity contribution in [2.75, 3.05) is 6.54 Å². The molecule has 0 atom stereocenters. The molecule has 0 unspecified atom stereocenters. The normalized spacial score (nSPS) is 10.6. The van der Waals surface area contributed by atoms with Crippen LogP contribution in [0, 0.1) is 19.3 Å². The number of rotatable bonds is 3. The van der Waals surface area contributed by atoms with Gasteiger partial charge in [-0.05, 0) is 31.0 Å². The second kappa shape index (κ2) is 4.50. The van der Waals surface area contributed by atoms with Crippen LogP contribution in [0.25, 0.3) is 0 Å². The summed E-state index contributed by atoms with van der Waals surface area (Å²) < 4.78 is 0. The van der Waals surface area contributed by atoms with Crippen LogP contribution in [-0.4, -0.2) is 12.8 Å². The van der Waals surface area contributed by atoms with Crippen molar-refractivity contribution in [3.05, 3.63) is 29.3 Å². The monoisotopic (exact) mass is 175 g/mol. The van der Waals surface area contributed by atoms with Crippen molar-refractivity contribution >= 4 is 11.9 Å². The van der Waals surface area contributed by atoms with Gasteiger partial charge in [-0.2, -0.15) is 10.2 Å². The average Bonchev–Trinajstić information content (AvgIpc) is 2.13. The maximum absolute atomic E-state index is 6.79. The highest BCUT2D eigenvalue weighted by Crippen LogP contribution is 2.21. The van der Waals surface area contributed by atoms with Gasteiger partial charge in [-0.3, -0.25) is 0 Å². The molecule has 13 heavy (non-hydrogen) atoms. The highest BCUT2D eigenvalue weighted by Gasteiger charge is 1.97. The van der Waals surface area contributed by atoms with Crippen molar-refractivity contribution in [3.63, 3.8) is 0 Å². The van der Waals surface area contributed by atoms with Gasteiger partial charge in [0.2, 0.25) is 0 Å². The standard InChI is InChI=1S/C10H13N3/c1-8-4-3-5-10(9(8)2)13-12-7-6-11/h3-6,11H,7H2,1-2H3. The number of aryl methyl sites for hydroxylation is 1. The van der Waals surface area contributed by atoms with E-state index in [9.17, 15) is 0 Å². The van der Waals surface area contributed by atoms with E-state index >= 15 is 0 Å². The SMILES string of the molecule is Cc1cccc(N=NCC=N)c1C. The van der Waals surface area contributed by atoms with Crippen LogP contribution in [0.2, 0.25) is 0 Å². The third kappa shape index (κ3) is 2.47. The maximum atomic E-state index is 6.79. The van der Waals surface area contributed by atoms with Crippen molar-refractivity contribution in [2.45, 2.75) is 13.8 Å². The Morgan fingerprint density at radius 3 is 2.85 bits per heavy atom. The number of nitrogens with one attached hydrogen (secondary N) is 1. The van der Waals surface area contributed by atoms with Crippen LogP contribution in [0.5, 0.6) is 0 Å². The van der Waals surface area contributed by atoms with Gasteiger partial charge in [-0.25, -0.2) is 0 Å². The van der Waals surface area contributed by atoms with E-state index in [0.29, 0.717) is 6.54 Å². The van der Waals surface area contributed by atoms with Crippen molar-refractivity contribution in [1.29, 1.82) is 5.41 Å². The Balaban J connectivity index is 2.88. The van der Waals surface area contributed by atoms with Crippen LogP contribution in [0.1, 0.15) is 11.1 Å². The second-order valence-corrected chi connectivity index (χ2v) is 2.85.